The second-order valence-electron chi connectivity index (χ2n) is 8.74. The number of hydrogen-bond donors (Lipinski definition) is 1. The van der Waals surface area contributed by atoms with Crippen molar-refractivity contribution in [3.05, 3.63) is 59.1 Å². The molecule has 6 heteroatoms. The van der Waals surface area contributed by atoms with Crippen molar-refractivity contribution < 1.29 is 9.53 Å². The summed E-state index contributed by atoms with van der Waals surface area (Å²) in [5, 5.41) is 4.26. The van der Waals surface area contributed by atoms with E-state index >= 15 is 0 Å². The van der Waals surface area contributed by atoms with Crippen LogP contribution in [0.2, 0.25) is 0 Å². The third-order valence-corrected chi connectivity index (χ3v) is 7.56. The SMILES string of the molecule is CC(=O)NC1CC2CCC(C1)N2CCOc1ccc(Cc2nc3ccccc3s2)cc1. The minimum atomic E-state index is 0.0905. The lowest BCUT2D eigenvalue weighted by molar-refractivity contribution is -0.120. The molecule has 2 aromatic carbocycles. The first kappa shape index (κ1) is 20.5. The fraction of sp³-hybridized carbons (Fsp3) is 0.440. The maximum Gasteiger partial charge on any atom is 0.217 e. The van der Waals surface area contributed by atoms with E-state index < -0.39 is 0 Å². The van der Waals surface area contributed by atoms with E-state index in [1.165, 1.54) is 23.1 Å². The van der Waals surface area contributed by atoms with Crippen molar-refractivity contribution >= 4 is 27.5 Å². The summed E-state index contributed by atoms with van der Waals surface area (Å²) in [5.41, 5.74) is 2.34. The molecule has 5 nitrogen and oxygen atoms in total. The second-order valence-corrected chi connectivity index (χ2v) is 9.85. The number of benzene rings is 2. The van der Waals surface area contributed by atoms with Crippen molar-refractivity contribution in [1.82, 2.24) is 15.2 Å². The van der Waals surface area contributed by atoms with Gasteiger partial charge in [0, 0.05) is 38.0 Å². The van der Waals surface area contributed by atoms with Crippen LogP contribution in [0.4, 0.5) is 0 Å². The second kappa shape index (κ2) is 8.97. The topological polar surface area (TPSA) is 54.5 Å². The molecular formula is C25H29N3O2S. The van der Waals surface area contributed by atoms with E-state index in [0.29, 0.717) is 24.7 Å². The number of carbonyl (C=O) groups excluding carboxylic acids is 1. The Kier molecular flexibility index (Phi) is 5.92. The number of para-hydroxylation sites is 1. The molecule has 3 heterocycles. The highest BCUT2D eigenvalue weighted by molar-refractivity contribution is 7.18. The van der Waals surface area contributed by atoms with Crippen LogP contribution >= 0.6 is 11.3 Å². The zero-order valence-electron chi connectivity index (χ0n) is 17.9. The van der Waals surface area contributed by atoms with Crippen molar-refractivity contribution in [2.75, 3.05) is 13.2 Å². The molecule has 2 unspecified atom stereocenters. The zero-order valence-corrected chi connectivity index (χ0v) is 18.7. The number of nitrogens with zero attached hydrogens (tertiary/aromatic N) is 2. The molecule has 1 aromatic heterocycles. The van der Waals surface area contributed by atoms with Crippen LogP contribution in [0.25, 0.3) is 10.2 Å². The molecule has 0 spiro atoms. The third kappa shape index (κ3) is 4.75. The van der Waals surface area contributed by atoms with Gasteiger partial charge in [-0.3, -0.25) is 9.69 Å². The highest BCUT2D eigenvalue weighted by Crippen LogP contribution is 2.35. The van der Waals surface area contributed by atoms with Crippen LogP contribution in [0.1, 0.15) is 43.2 Å². The number of ether oxygens (including phenoxy) is 1. The first-order valence-corrected chi connectivity index (χ1v) is 12.0. The monoisotopic (exact) mass is 435 g/mol. The molecule has 2 bridgehead atoms. The molecular weight excluding hydrogens is 406 g/mol. The predicted molar refractivity (Wildman–Crippen MR) is 125 cm³/mol. The van der Waals surface area contributed by atoms with E-state index in [2.05, 4.69) is 52.7 Å². The van der Waals surface area contributed by atoms with Crippen LogP contribution < -0.4 is 10.1 Å². The van der Waals surface area contributed by atoms with Crippen LogP contribution in [-0.4, -0.2) is 47.1 Å². The number of fused-ring (bicyclic) bond motifs is 3. The molecule has 3 aromatic rings. The summed E-state index contributed by atoms with van der Waals surface area (Å²) in [6.45, 7) is 3.27. The molecule has 31 heavy (non-hydrogen) atoms. The number of aromatic nitrogens is 1. The fourth-order valence-corrected chi connectivity index (χ4v) is 6.19. The highest BCUT2D eigenvalue weighted by Gasteiger charge is 2.40. The number of amides is 1. The van der Waals surface area contributed by atoms with Gasteiger partial charge < -0.3 is 10.1 Å². The number of nitrogens with one attached hydrogen (secondary N) is 1. The zero-order chi connectivity index (χ0) is 21.2. The molecule has 2 saturated heterocycles. The van der Waals surface area contributed by atoms with Gasteiger partial charge in [0.05, 0.1) is 15.2 Å². The van der Waals surface area contributed by atoms with Crippen molar-refractivity contribution in [2.24, 2.45) is 0 Å². The lowest BCUT2D eigenvalue weighted by Gasteiger charge is -2.39. The number of piperidine rings is 1. The Bertz CT molecular complexity index is 1000. The van der Waals surface area contributed by atoms with Crippen LogP contribution in [0.5, 0.6) is 5.75 Å². The summed E-state index contributed by atoms with van der Waals surface area (Å²) in [6, 6.07) is 18.2. The first-order chi connectivity index (χ1) is 15.1. The molecule has 5 rings (SSSR count). The molecule has 0 radical (unpaired) electrons. The Morgan fingerprint density at radius 1 is 1.13 bits per heavy atom. The van der Waals surface area contributed by atoms with E-state index in [1.807, 2.05) is 6.07 Å². The van der Waals surface area contributed by atoms with Crippen molar-refractivity contribution in [2.45, 2.75) is 57.2 Å². The van der Waals surface area contributed by atoms with Gasteiger partial charge in [0.2, 0.25) is 5.91 Å². The molecule has 0 saturated carbocycles. The molecule has 1 N–H and O–H groups in total. The lowest BCUT2D eigenvalue weighted by Crippen LogP contribution is -2.51. The van der Waals surface area contributed by atoms with Crippen molar-refractivity contribution in [3.63, 3.8) is 0 Å². The van der Waals surface area contributed by atoms with Gasteiger partial charge in [0.15, 0.2) is 0 Å². The first-order valence-electron chi connectivity index (χ1n) is 11.2. The van der Waals surface area contributed by atoms with Gasteiger partial charge in [-0.1, -0.05) is 24.3 Å². The molecule has 2 atom stereocenters. The average Bonchev–Trinajstić information content (AvgIpc) is 3.26. The predicted octanol–water partition coefficient (Wildman–Crippen LogP) is 4.40. The molecule has 162 valence electrons. The maximum absolute atomic E-state index is 11.4. The maximum atomic E-state index is 11.4. The molecule has 2 aliphatic rings. The van der Waals surface area contributed by atoms with E-state index in [0.717, 1.165) is 42.1 Å². The van der Waals surface area contributed by atoms with Crippen LogP contribution in [0.15, 0.2) is 48.5 Å². The lowest BCUT2D eigenvalue weighted by atomic mass is 9.97. The van der Waals surface area contributed by atoms with E-state index in [4.69, 9.17) is 9.72 Å². The van der Waals surface area contributed by atoms with Gasteiger partial charge in [-0.2, -0.15) is 0 Å². The smallest absolute Gasteiger partial charge is 0.217 e. The summed E-state index contributed by atoms with van der Waals surface area (Å²) in [6.07, 6.45) is 5.46. The van der Waals surface area contributed by atoms with Gasteiger partial charge in [0.25, 0.3) is 0 Å². The van der Waals surface area contributed by atoms with Gasteiger partial charge in [-0.15, -0.1) is 11.3 Å². The Hall–Kier alpha value is -2.44. The number of hydrogen-bond acceptors (Lipinski definition) is 5. The van der Waals surface area contributed by atoms with Gasteiger partial charge >= 0.3 is 0 Å². The fourth-order valence-electron chi connectivity index (χ4n) is 5.19. The normalized spacial score (nSPS) is 23.2. The highest BCUT2D eigenvalue weighted by atomic mass is 32.1. The summed E-state index contributed by atoms with van der Waals surface area (Å²) in [4.78, 5) is 18.7. The minimum Gasteiger partial charge on any atom is -0.492 e. The van der Waals surface area contributed by atoms with Gasteiger partial charge in [-0.05, 0) is 55.5 Å². The van der Waals surface area contributed by atoms with Crippen LogP contribution in [0.3, 0.4) is 0 Å². The standard InChI is InChI=1S/C25H29N3O2S/c1-17(29)26-19-15-20-8-9-21(16-19)28(20)12-13-30-22-10-6-18(7-11-22)14-25-27-23-4-2-3-5-24(23)31-25/h2-7,10-11,19-21H,8-9,12-16H2,1H3,(H,26,29). The molecule has 0 aliphatic carbocycles. The minimum absolute atomic E-state index is 0.0905. The van der Waals surface area contributed by atoms with Crippen molar-refractivity contribution in [3.8, 4) is 5.75 Å². The average molecular weight is 436 g/mol. The summed E-state index contributed by atoms with van der Waals surface area (Å²) in [7, 11) is 0. The number of rotatable bonds is 7. The Balaban J connectivity index is 1.11. The Morgan fingerprint density at radius 2 is 1.87 bits per heavy atom. The van der Waals surface area contributed by atoms with E-state index in [1.54, 1.807) is 18.3 Å². The van der Waals surface area contributed by atoms with Gasteiger partial charge in [-0.25, -0.2) is 4.98 Å². The van der Waals surface area contributed by atoms with E-state index in [-0.39, 0.29) is 5.91 Å². The molecule has 2 fully saturated rings. The summed E-state index contributed by atoms with van der Waals surface area (Å²) < 4.78 is 7.30. The van der Waals surface area contributed by atoms with Gasteiger partial charge in [0.1, 0.15) is 12.4 Å². The number of carbonyl (C=O) groups is 1. The Morgan fingerprint density at radius 3 is 2.58 bits per heavy atom. The van der Waals surface area contributed by atoms with Crippen LogP contribution in [0, 0.1) is 0 Å². The Labute approximate surface area is 187 Å². The largest absolute Gasteiger partial charge is 0.492 e. The number of thiazole rings is 1. The van der Waals surface area contributed by atoms with Crippen LogP contribution in [-0.2, 0) is 11.2 Å². The summed E-state index contributed by atoms with van der Waals surface area (Å²) in [5.74, 6) is 1.02. The van der Waals surface area contributed by atoms with E-state index in [9.17, 15) is 4.79 Å². The molecule has 1 amide bonds. The molecule has 2 aliphatic heterocycles. The quantitative estimate of drug-likeness (QED) is 0.598. The van der Waals surface area contributed by atoms with Crippen molar-refractivity contribution in [1.29, 1.82) is 0 Å². The third-order valence-electron chi connectivity index (χ3n) is 6.53. The summed E-state index contributed by atoms with van der Waals surface area (Å²) >= 11 is 1.76.